The van der Waals surface area contributed by atoms with Crippen LogP contribution in [0.15, 0.2) is 42.5 Å². The van der Waals surface area contributed by atoms with Crippen LogP contribution in [0.1, 0.15) is 22.8 Å². The van der Waals surface area contributed by atoms with E-state index in [1.54, 1.807) is 0 Å². The highest BCUT2D eigenvalue weighted by atomic mass is 35.5. The van der Waals surface area contributed by atoms with Gasteiger partial charge in [0.05, 0.1) is 4.92 Å². The minimum atomic E-state index is -4.98. The molecular formula is C18H15ClF3N3O4. The molecule has 11 heteroatoms. The summed E-state index contributed by atoms with van der Waals surface area (Å²) in [7, 11) is 0. The molecular weight excluding hydrogens is 415 g/mol. The Bertz CT molecular complexity index is 950. The van der Waals surface area contributed by atoms with E-state index >= 15 is 0 Å². The van der Waals surface area contributed by atoms with E-state index in [2.05, 4.69) is 5.32 Å². The zero-order valence-electron chi connectivity index (χ0n) is 15.0. The Morgan fingerprint density at radius 2 is 1.90 bits per heavy atom. The van der Waals surface area contributed by atoms with Crippen LogP contribution in [0, 0.1) is 10.1 Å². The van der Waals surface area contributed by atoms with E-state index in [0.29, 0.717) is 10.5 Å². The Morgan fingerprint density at radius 1 is 1.21 bits per heavy atom. The van der Waals surface area contributed by atoms with E-state index in [1.165, 1.54) is 43.3 Å². The van der Waals surface area contributed by atoms with Gasteiger partial charge >= 0.3 is 12.1 Å². The lowest BCUT2D eigenvalue weighted by Crippen LogP contribution is -2.40. The number of alkyl halides is 3. The van der Waals surface area contributed by atoms with Crippen molar-refractivity contribution in [3.05, 3.63) is 68.7 Å². The van der Waals surface area contributed by atoms with E-state index in [-0.39, 0.29) is 29.4 Å². The van der Waals surface area contributed by atoms with Crippen molar-refractivity contribution in [3.8, 4) is 0 Å². The van der Waals surface area contributed by atoms with Crippen LogP contribution in [0.3, 0.4) is 0 Å². The van der Waals surface area contributed by atoms with Gasteiger partial charge in [0.1, 0.15) is 5.02 Å². The molecule has 0 aromatic heterocycles. The highest BCUT2D eigenvalue weighted by Crippen LogP contribution is 2.26. The Labute approximate surface area is 168 Å². The molecule has 1 N–H and O–H groups in total. The van der Waals surface area contributed by atoms with E-state index in [1.807, 2.05) is 0 Å². The van der Waals surface area contributed by atoms with Crippen LogP contribution in [0.5, 0.6) is 0 Å². The topological polar surface area (TPSA) is 92.6 Å². The maximum absolute atomic E-state index is 12.6. The van der Waals surface area contributed by atoms with E-state index < -0.39 is 28.6 Å². The van der Waals surface area contributed by atoms with Gasteiger partial charge in [-0.25, -0.2) is 0 Å². The summed E-state index contributed by atoms with van der Waals surface area (Å²) in [4.78, 5) is 34.6. The van der Waals surface area contributed by atoms with Crippen molar-refractivity contribution in [1.82, 2.24) is 4.90 Å². The zero-order valence-corrected chi connectivity index (χ0v) is 15.8. The first-order valence-corrected chi connectivity index (χ1v) is 8.61. The summed E-state index contributed by atoms with van der Waals surface area (Å²) in [5.41, 5.74) is 0.163. The molecule has 2 aromatic rings. The fourth-order valence-corrected chi connectivity index (χ4v) is 2.66. The van der Waals surface area contributed by atoms with Crippen LogP contribution in [-0.4, -0.2) is 34.4 Å². The lowest BCUT2D eigenvalue weighted by molar-refractivity contribution is -0.384. The van der Waals surface area contributed by atoms with Crippen molar-refractivity contribution in [1.29, 1.82) is 0 Å². The molecule has 0 spiro atoms. The van der Waals surface area contributed by atoms with Crippen molar-refractivity contribution >= 4 is 34.8 Å². The summed E-state index contributed by atoms with van der Waals surface area (Å²) in [5.74, 6) is -2.62. The predicted octanol–water partition coefficient (Wildman–Crippen LogP) is 4.41. The molecule has 0 unspecified atom stereocenters. The van der Waals surface area contributed by atoms with Gasteiger partial charge in [-0.2, -0.15) is 13.2 Å². The number of carbonyl (C=O) groups excluding carboxylic acids is 2. The van der Waals surface area contributed by atoms with Gasteiger partial charge in [-0.1, -0.05) is 23.7 Å². The number of halogens is 4. The zero-order chi connectivity index (χ0) is 21.8. The molecule has 2 aromatic carbocycles. The molecule has 0 atom stereocenters. The Morgan fingerprint density at radius 3 is 2.48 bits per heavy atom. The average Bonchev–Trinajstić information content (AvgIpc) is 2.65. The third-order valence-corrected chi connectivity index (χ3v) is 4.19. The summed E-state index contributed by atoms with van der Waals surface area (Å²) in [6, 6.07) is 9.45. The number of nitro benzene ring substituents is 1. The van der Waals surface area contributed by atoms with Crippen molar-refractivity contribution in [2.24, 2.45) is 0 Å². The van der Waals surface area contributed by atoms with E-state index in [0.717, 1.165) is 6.07 Å². The van der Waals surface area contributed by atoms with Gasteiger partial charge in [0.2, 0.25) is 0 Å². The molecule has 29 heavy (non-hydrogen) atoms. The number of rotatable bonds is 6. The van der Waals surface area contributed by atoms with Gasteiger partial charge in [0.15, 0.2) is 0 Å². The van der Waals surface area contributed by atoms with Crippen molar-refractivity contribution in [2.75, 3.05) is 11.9 Å². The molecule has 0 fully saturated rings. The predicted molar refractivity (Wildman–Crippen MR) is 99.6 cm³/mol. The molecule has 0 saturated heterocycles. The normalized spacial score (nSPS) is 11.1. The molecule has 7 nitrogen and oxygen atoms in total. The second kappa shape index (κ2) is 8.91. The molecule has 2 rings (SSSR count). The lowest BCUT2D eigenvalue weighted by Gasteiger charge is -2.22. The minimum Gasteiger partial charge on any atom is -0.331 e. The standard InChI is InChI=1S/C18H15ClF3N3O4/c1-2-24(17(27)18(20,21)22)10-11-4-3-5-13(8-11)23-16(26)12-6-7-14(19)15(9-12)25(28)29/h3-9H,2,10H2,1H3,(H,23,26). The average molecular weight is 430 g/mol. The van der Waals surface area contributed by atoms with Crippen LogP contribution in [0.2, 0.25) is 5.02 Å². The fourth-order valence-electron chi connectivity index (χ4n) is 2.47. The summed E-state index contributed by atoms with van der Waals surface area (Å²) in [6.45, 7) is 0.969. The number of carbonyl (C=O) groups is 2. The lowest BCUT2D eigenvalue weighted by atomic mass is 10.1. The molecule has 0 heterocycles. The summed E-state index contributed by atoms with van der Waals surface area (Å²) >= 11 is 5.71. The van der Waals surface area contributed by atoms with Crippen LogP contribution in [0.4, 0.5) is 24.5 Å². The number of hydrogen-bond acceptors (Lipinski definition) is 4. The van der Waals surface area contributed by atoms with Crippen molar-refractivity contribution in [2.45, 2.75) is 19.6 Å². The van der Waals surface area contributed by atoms with Gasteiger partial charge in [-0.3, -0.25) is 19.7 Å². The van der Waals surface area contributed by atoms with Crippen molar-refractivity contribution < 1.29 is 27.7 Å². The highest BCUT2D eigenvalue weighted by molar-refractivity contribution is 6.32. The Hall–Kier alpha value is -3.14. The maximum Gasteiger partial charge on any atom is 0.471 e. The molecule has 2 amide bonds. The van der Waals surface area contributed by atoms with E-state index in [4.69, 9.17) is 11.6 Å². The van der Waals surface area contributed by atoms with Gasteiger partial charge in [-0.05, 0) is 36.8 Å². The molecule has 0 radical (unpaired) electrons. The number of nitrogens with one attached hydrogen (secondary N) is 1. The SMILES string of the molecule is CCN(Cc1cccc(NC(=O)c2ccc(Cl)c([N+](=O)[O-])c2)c1)C(=O)C(F)(F)F. The molecule has 154 valence electrons. The first-order chi connectivity index (χ1) is 13.5. The van der Waals surface area contributed by atoms with Crippen LogP contribution >= 0.6 is 11.6 Å². The Balaban J connectivity index is 2.17. The third-order valence-electron chi connectivity index (χ3n) is 3.87. The minimum absolute atomic E-state index is 0.0195. The number of anilines is 1. The number of nitro groups is 1. The fraction of sp³-hybridized carbons (Fsp3) is 0.222. The largest absolute Gasteiger partial charge is 0.471 e. The number of nitrogens with zero attached hydrogens (tertiary/aromatic N) is 2. The smallest absolute Gasteiger partial charge is 0.331 e. The molecule has 0 aliphatic carbocycles. The van der Waals surface area contributed by atoms with Gasteiger partial charge in [-0.15, -0.1) is 0 Å². The molecule has 0 aliphatic rings. The number of amides is 2. The molecule has 0 saturated carbocycles. The highest BCUT2D eigenvalue weighted by Gasteiger charge is 2.41. The number of hydrogen-bond donors (Lipinski definition) is 1. The second-order valence-electron chi connectivity index (χ2n) is 5.89. The maximum atomic E-state index is 12.6. The van der Waals surface area contributed by atoms with Crippen LogP contribution < -0.4 is 5.32 Å². The summed E-state index contributed by atoms with van der Waals surface area (Å²) < 4.78 is 37.9. The van der Waals surface area contributed by atoms with E-state index in [9.17, 15) is 32.9 Å². The Kier molecular flexibility index (Phi) is 6.80. The van der Waals surface area contributed by atoms with Gasteiger partial charge < -0.3 is 10.2 Å². The first-order valence-electron chi connectivity index (χ1n) is 8.23. The quantitative estimate of drug-likeness (QED) is 0.543. The second-order valence-corrected chi connectivity index (χ2v) is 6.30. The summed E-state index contributed by atoms with van der Waals surface area (Å²) in [5, 5.41) is 13.3. The summed E-state index contributed by atoms with van der Waals surface area (Å²) in [6.07, 6.45) is -4.98. The molecule has 0 bridgehead atoms. The van der Waals surface area contributed by atoms with Gasteiger partial charge in [0.25, 0.3) is 11.6 Å². The van der Waals surface area contributed by atoms with Crippen LogP contribution in [0.25, 0.3) is 0 Å². The number of benzene rings is 2. The third kappa shape index (κ3) is 5.67. The monoisotopic (exact) mass is 429 g/mol. The first kappa shape index (κ1) is 22.2. The molecule has 0 aliphatic heterocycles. The van der Waals surface area contributed by atoms with Crippen molar-refractivity contribution in [3.63, 3.8) is 0 Å². The van der Waals surface area contributed by atoms with Crippen LogP contribution in [-0.2, 0) is 11.3 Å². The van der Waals surface area contributed by atoms with Gasteiger partial charge in [0, 0.05) is 30.4 Å².